The molecule has 0 atom stereocenters. The summed E-state index contributed by atoms with van der Waals surface area (Å²) in [5.74, 6) is -0.374. The molecule has 0 aliphatic rings. The molecule has 1 heterocycles. The Morgan fingerprint density at radius 1 is 1.19 bits per heavy atom. The Bertz CT molecular complexity index is 881. The number of carbonyl (C=O) groups excluding carboxylic acids is 1. The standard InChI is InChI=1S/C19H17ClFN3OS/c1-24(11-18(25)22-16-8-4-14(20)5-9-16)10-17-12-26-19(23-17)13-2-6-15(21)7-3-13/h2-9,12H,10-11H2,1H3,(H,22,25). The number of likely N-dealkylation sites (N-methyl/N-ethyl adjacent to an activating group) is 1. The number of nitrogens with zero attached hydrogens (tertiary/aromatic N) is 2. The Labute approximate surface area is 160 Å². The molecule has 3 aromatic rings. The Morgan fingerprint density at radius 3 is 2.58 bits per heavy atom. The number of rotatable bonds is 6. The molecule has 0 unspecified atom stereocenters. The van der Waals surface area contributed by atoms with Crippen LogP contribution in [-0.2, 0) is 11.3 Å². The lowest BCUT2D eigenvalue weighted by Crippen LogP contribution is -2.29. The normalized spacial score (nSPS) is 10.9. The van der Waals surface area contributed by atoms with Crippen LogP contribution in [-0.4, -0.2) is 29.4 Å². The van der Waals surface area contributed by atoms with Gasteiger partial charge in [-0.2, -0.15) is 0 Å². The lowest BCUT2D eigenvalue weighted by molar-refractivity contribution is -0.117. The molecule has 134 valence electrons. The maximum atomic E-state index is 13.0. The first-order valence-electron chi connectivity index (χ1n) is 7.94. The van der Waals surface area contributed by atoms with Crippen LogP contribution in [0.15, 0.2) is 53.9 Å². The number of carbonyl (C=O) groups is 1. The van der Waals surface area contributed by atoms with Crippen molar-refractivity contribution in [2.75, 3.05) is 18.9 Å². The fourth-order valence-electron chi connectivity index (χ4n) is 2.42. The molecule has 1 amide bonds. The fourth-order valence-corrected chi connectivity index (χ4v) is 3.36. The molecule has 0 spiro atoms. The van der Waals surface area contributed by atoms with E-state index in [0.29, 0.717) is 17.3 Å². The molecular weight excluding hydrogens is 373 g/mol. The number of amides is 1. The number of hydrogen-bond donors (Lipinski definition) is 1. The van der Waals surface area contributed by atoms with Crippen LogP contribution in [0.3, 0.4) is 0 Å². The van der Waals surface area contributed by atoms with Crippen molar-refractivity contribution in [1.82, 2.24) is 9.88 Å². The van der Waals surface area contributed by atoms with Crippen molar-refractivity contribution in [2.45, 2.75) is 6.54 Å². The third-order valence-corrected chi connectivity index (χ3v) is 4.81. The van der Waals surface area contributed by atoms with Crippen molar-refractivity contribution in [3.63, 3.8) is 0 Å². The van der Waals surface area contributed by atoms with E-state index in [1.165, 1.54) is 23.5 Å². The van der Waals surface area contributed by atoms with Crippen molar-refractivity contribution in [3.05, 3.63) is 70.4 Å². The zero-order chi connectivity index (χ0) is 18.5. The number of thiazole rings is 1. The predicted molar refractivity (Wildman–Crippen MR) is 104 cm³/mol. The molecule has 0 saturated carbocycles. The molecule has 4 nitrogen and oxygen atoms in total. The lowest BCUT2D eigenvalue weighted by atomic mass is 10.2. The van der Waals surface area contributed by atoms with Crippen molar-refractivity contribution in [1.29, 1.82) is 0 Å². The van der Waals surface area contributed by atoms with Crippen molar-refractivity contribution in [3.8, 4) is 10.6 Å². The van der Waals surface area contributed by atoms with E-state index in [4.69, 9.17) is 11.6 Å². The molecule has 1 aromatic heterocycles. The second-order valence-electron chi connectivity index (χ2n) is 5.88. The molecule has 0 aliphatic carbocycles. The van der Waals surface area contributed by atoms with Gasteiger partial charge in [-0.3, -0.25) is 9.69 Å². The number of halogens is 2. The van der Waals surface area contributed by atoms with Crippen LogP contribution in [0.25, 0.3) is 10.6 Å². The highest BCUT2D eigenvalue weighted by molar-refractivity contribution is 7.13. The topological polar surface area (TPSA) is 45.2 Å². The third-order valence-electron chi connectivity index (χ3n) is 3.62. The van der Waals surface area contributed by atoms with Gasteiger partial charge in [-0.15, -0.1) is 11.3 Å². The molecule has 0 fully saturated rings. The zero-order valence-electron chi connectivity index (χ0n) is 14.1. The molecule has 0 saturated heterocycles. The molecule has 7 heteroatoms. The highest BCUT2D eigenvalue weighted by Crippen LogP contribution is 2.24. The van der Waals surface area contributed by atoms with Crippen LogP contribution in [0.5, 0.6) is 0 Å². The summed E-state index contributed by atoms with van der Waals surface area (Å²) in [4.78, 5) is 18.6. The van der Waals surface area contributed by atoms with Crippen LogP contribution in [0.1, 0.15) is 5.69 Å². The van der Waals surface area contributed by atoms with Crippen molar-refractivity contribution < 1.29 is 9.18 Å². The first-order valence-corrected chi connectivity index (χ1v) is 9.19. The van der Waals surface area contributed by atoms with Gasteiger partial charge >= 0.3 is 0 Å². The van der Waals surface area contributed by atoms with E-state index in [0.717, 1.165) is 16.3 Å². The van der Waals surface area contributed by atoms with Crippen LogP contribution in [0.2, 0.25) is 5.02 Å². The SMILES string of the molecule is CN(CC(=O)Nc1ccc(Cl)cc1)Cc1csc(-c2ccc(F)cc2)n1. The second-order valence-corrected chi connectivity index (χ2v) is 7.17. The molecule has 0 bridgehead atoms. The maximum Gasteiger partial charge on any atom is 0.238 e. The highest BCUT2D eigenvalue weighted by atomic mass is 35.5. The largest absolute Gasteiger partial charge is 0.325 e. The average Bonchev–Trinajstić information content (AvgIpc) is 3.05. The monoisotopic (exact) mass is 389 g/mol. The van der Waals surface area contributed by atoms with E-state index >= 15 is 0 Å². The zero-order valence-corrected chi connectivity index (χ0v) is 15.6. The van der Waals surface area contributed by atoms with Gasteiger partial charge in [0, 0.05) is 28.2 Å². The fraction of sp³-hybridized carbons (Fsp3) is 0.158. The first kappa shape index (κ1) is 18.5. The smallest absolute Gasteiger partial charge is 0.238 e. The summed E-state index contributed by atoms with van der Waals surface area (Å²) in [5.41, 5.74) is 2.46. The Morgan fingerprint density at radius 2 is 1.88 bits per heavy atom. The predicted octanol–water partition coefficient (Wildman–Crippen LogP) is 4.67. The maximum absolute atomic E-state index is 13.0. The van der Waals surface area contributed by atoms with Gasteiger partial charge in [0.05, 0.1) is 12.2 Å². The number of benzene rings is 2. The van der Waals surface area contributed by atoms with Crippen LogP contribution < -0.4 is 5.32 Å². The number of nitrogens with one attached hydrogen (secondary N) is 1. The van der Waals surface area contributed by atoms with E-state index in [-0.39, 0.29) is 18.3 Å². The number of anilines is 1. The van der Waals surface area contributed by atoms with E-state index in [2.05, 4.69) is 10.3 Å². The minimum atomic E-state index is -0.267. The van der Waals surface area contributed by atoms with Gasteiger partial charge in [0.15, 0.2) is 0 Å². The minimum Gasteiger partial charge on any atom is -0.325 e. The van der Waals surface area contributed by atoms with Crippen molar-refractivity contribution >= 4 is 34.5 Å². The highest BCUT2D eigenvalue weighted by Gasteiger charge is 2.11. The van der Waals surface area contributed by atoms with Crippen LogP contribution in [0, 0.1) is 5.82 Å². The summed E-state index contributed by atoms with van der Waals surface area (Å²) in [6.07, 6.45) is 0. The minimum absolute atomic E-state index is 0.108. The van der Waals surface area contributed by atoms with Gasteiger partial charge in [-0.25, -0.2) is 9.37 Å². The van der Waals surface area contributed by atoms with Gasteiger partial charge < -0.3 is 5.32 Å². The van der Waals surface area contributed by atoms with E-state index in [1.54, 1.807) is 36.4 Å². The van der Waals surface area contributed by atoms with Crippen molar-refractivity contribution in [2.24, 2.45) is 0 Å². The van der Waals surface area contributed by atoms with Crippen LogP contribution >= 0.6 is 22.9 Å². The second kappa shape index (κ2) is 8.40. The van der Waals surface area contributed by atoms with E-state index < -0.39 is 0 Å². The van der Waals surface area contributed by atoms with Gasteiger partial charge in [0.2, 0.25) is 5.91 Å². The van der Waals surface area contributed by atoms with Gasteiger partial charge in [-0.05, 0) is 55.6 Å². The summed E-state index contributed by atoms with van der Waals surface area (Å²) in [6.45, 7) is 0.789. The van der Waals surface area contributed by atoms with Gasteiger partial charge in [0.1, 0.15) is 10.8 Å². The molecule has 26 heavy (non-hydrogen) atoms. The van der Waals surface area contributed by atoms with Gasteiger partial charge in [0.25, 0.3) is 0 Å². The Kier molecular flexibility index (Phi) is 5.98. The number of hydrogen-bond acceptors (Lipinski definition) is 4. The summed E-state index contributed by atoms with van der Waals surface area (Å²) in [6, 6.07) is 13.2. The quantitative estimate of drug-likeness (QED) is 0.666. The molecular formula is C19H17ClFN3OS. The summed E-state index contributed by atoms with van der Waals surface area (Å²) in [7, 11) is 1.86. The molecule has 1 N–H and O–H groups in total. The molecule has 2 aromatic carbocycles. The van der Waals surface area contributed by atoms with Crippen LogP contribution in [0.4, 0.5) is 10.1 Å². The molecule has 3 rings (SSSR count). The first-order chi connectivity index (χ1) is 12.5. The number of aromatic nitrogens is 1. The summed E-state index contributed by atoms with van der Waals surface area (Å²) < 4.78 is 13.0. The van der Waals surface area contributed by atoms with E-state index in [9.17, 15) is 9.18 Å². The Balaban J connectivity index is 1.54. The Hall–Kier alpha value is -2.28. The van der Waals surface area contributed by atoms with Gasteiger partial charge in [-0.1, -0.05) is 11.6 Å². The third kappa shape index (κ3) is 5.11. The average molecular weight is 390 g/mol. The summed E-state index contributed by atoms with van der Waals surface area (Å²) >= 11 is 7.33. The van der Waals surface area contributed by atoms with E-state index in [1.807, 2.05) is 17.3 Å². The molecule has 0 aliphatic heterocycles. The summed E-state index contributed by atoms with van der Waals surface area (Å²) in [5, 5.41) is 6.24. The molecule has 0 radical (unpaired) electrons. The lowest BCUT2D eigenvalue weighted by Gasteiger charge is -2.15.